The van der Waals surface area contributed by atoms with Gasteiger partial charge >= 0.3 is 0 Å². The predicted octanol–water partition coefficient (Wildman–Crippen LogP) is 3.96. The molecule has 0 saturated carbocycles. The summed E-state index contributed by atoms with van der Waals surface area (Å²) in [5.41, 5.74) is 2.75. The van der Waals surface area contributed by atoms with E-state index >= 15 is 0 Å². The first kappa shape index (κ1) is 22.0. The van der Waals surface area contributed by atoms with Gasteiger partial charge in [-0.1, -0.05) is 29.8 Å². The first-order valence-corrected chi connectivity index (χ1v) is 12.5. The van der Waals surface area contributed by atoms with Gasteiger partial charge in [0.2, 0.25) is 0 Å². The maximum Gasteiger partial charge on any atom is 0.261 e. The molecule has 0 spiro atoms. The monoisotopic (exact) mass is 469 g/mol. The average Bonchev–Trinajstić information content (AvgIpc) is 3.34. The number of thiophene rings is 1. The molecular weight excluding hydrogens is 446 g/mol. The third kappa shape index (κ3) is 4.26. The second-order valence-electron chi connectivity index (χ2n) is 7.56. The van der Waals surface area contributed by atoms with E-state index in [1.54, 1.807) is 37.4 Å². The van der Waals surface area contributed by atoms with Gasteiger partial charge in [0, 0.05) is 11.9 Å². The molecule has 1 aliphatic rings. The van der Waals surface area contributed by atoms with E-state index in [9.17, 15) is 18.0 Å². The Morgan fingerprint density at radius 3 is 2.41 bits per heavy atom. The first-order chi connectivity index (χ1) is 15.3. The SMILES string of the molecule is CNC(=O)c1c(NC(=O)c2ccccc2NS(=O)(=O)c2ccc(C)cc2)sc2c1CCC2. The molecular formula is C23H23N3O4S2. The van der Waals surface area contributed by atoms with Crippen LogP contribution >= 0.6 is 11.3 Å². The van der Waals surface area contributed by atoms with Crippen LogP contribution in [0.4, 0.5) is 10.7 Å². The third-order valence-corrected chi connectivity index (χ3v) is 7.94. The molecule has 0 fully saturated rings. The van der Waals surface area contributed by atoms with Gasteiger partial charge in [-0.2, -0.15) is 0 Å². The van der Waals surface area contributed by atoms with E-state index in [1.807, 2.05) is 6.92 Å². The zero-order valence-electron chi connectivity index (χ0n) is 17.7. The van der Waals surface area contributed by atoms with Crippen molar-refractivity contribution in [3.8, 4) is 0 Å². The first-order valence-electron chi connectivity index (χ1n) is 10.2. The van der Waals surface area contributed by atoms with Gasteiger partial charge in [-0.25, -0.2) is 8.42 Å². The fraction of sp³-hybridized carbons (Fsp3) is 0.217. The molecule has 0 saturated heterocycles. The quantitative estimate of drug-likeness (QED) is 0.508. The fourth-order valence-electron chi connectivity index (χ4n) is 3.72. The van der Waals surface area contributed by atoms with E-state index in [-0.39, 0.29) is 22.1 Å². The lowest BCUT2D eigenvalue weighted by atomic mass is 10.1. The Hall–Kier alpha value is -3.17. The molecule has 0 bridgehead atoms. The van der Waals surface area contributed by atoms with Crippen molar-refractivity contribution >= 4 is 43.9 Å². The summed E-state index contributed by atoms with van der Waals surface area (Å²) < 4.78 is 28.2. The van der Waals surface area contributed by atoms with Crippen molar-refractivity contribution in [3.05, 3.63) is 75.7 Å². The number of para-hydroxylation sites is 1. The van der Waals surface area contributed by atoms with E-state index in [0.29, 0.717) is 10.6 Å². The lowest BCUT2D eigenvalue weighted by Crippen LogP contribution is -2.22. The van der Waals surface area contributed by atoms with Crippen LogP contribution in [0.2, 0.25) is 0 Å². The summed E-state index contributed by atoms with van der Waals surface area (Å²) >= 11 is 1.40. The van der Waals surface area contributed by atoms with Gasteiger partial charge in [0.25, 0.3) is 21.8 Å². The van der Waals surface area contributed by atoms with Crippen LogP contribution in [0.25, 0.3) is 0 Å². The number of rotatable bonds is 6. The van der Waals surface area contributed by atoms with Crippen LogP contribution in [-0.4, -0.2) is 27.3 Å². The highest BCUT2D eigenvalue weighted by molar-refractivity contribution is 7.92. The summed E-state index contributed by atoms with van der Waals surface area (Å²) in [6.07, 6.45) is 2.67. The number of benzene rings is 2. The zero-order chi connectivity index (χ0) is 22.9. The molecule has 1 aliphatic carbocycles. The lowest BCUT2D eigenvalue weighted by Gasteiger charge is -2.13. The van der Waals surface area contributed by atoms with Crippen molar-refractivity contribution in [1.29, 1.82) is 0 Å². The number of carbonyl (C=O) groups excluding carboxylic acids is 2. The van der Waals surface area contributed by atoms with Crippen LogP contribution in [-0.2, 0) is 22.9 Å². The molecule has 2 aromatic carbocycles. The Bertz CT molecular complexity index is 1300. The molecule has 9 heteroatoms. The van der Waals surface area contributed by atoms with Crippen LogP contribution in [0.1, 0.15) is 43.1 Å². The summed E-state index contributed by atoms with van der Waals surface area (Å²) in [6, 6.07) is 12.9. The number of nitrogens with one attached hydrogen (secondary N) is 3. The molecule has 7 nitrogen and oxygen atoms in total. The van der Waals surface area contributed by atoms with Crippen molar-refractivity contribution < 1.29 is 18.0 Å². The molecule has 3 N–H and O–H groups in total. The van der Waals surface area contributed by atoms with Gasteiger partial charge in [-0.3, -0.25) is 14.3 Å². The van der Waals surface area contributed by atoms with Crippen molar-refractivity contribution in [1.82, 2.24) is 5.32 Å². The summed E-state index contributed by atoms with van der Waals surface area (Å²) in [5, 5.41) is 5.95. The second-order valence-corrected chi connectivity index (χ2v) is 10.3. The fourth-order valence-corrected chi connectivity index (χ4v) is 6.08. The topological polar surface area (TPSA) is 104 Å². The van der Waals surface area contributed by atoms with Gasteiger partial charge in [0.1, 0.15) is 5.00 Å². The number of fused-ring (bicyclic) bond motifs is 1. The normalized spacial score (nSPS) is 12.8. The summed E-state index contributed by atoms with van der Waals surface area (Å²) in [6.45, 7) is 1.87. The van der Waals surface area contributed by atoms with Gasteiger partial charge in [0.15, 0.2) is 0 Å². The highest BCUT2D eigenvalue weighted by Gasteiger charge is 2.28. The second kappa shape index (κ2) is 8.76. The summed E-state index contributed by atoms with van der Waals surface area (Å²) in [5.74, 6) is -0.731. The average molecular weight is 470 g/mol. The highest BCUT2D eigenvalue weighted by Crippen LogP contribution is 2.39. The molecule has 4 rings (SSSR count). The maximum atomic E-state index is 13.1. The number of hydrogen-bond acceptors (Lipinski definition) is 5. The van der Waals surface area contributed by atoms with Gasteiger partial charge in [-0.05, 0) is 56.0 Å². The minimum Gasteiger partial charge on any atom is -0.355 e. The molecule has 3 aromatic rings. The lowest BCUT2D eigenvalue weighted by molar-refractivity contribution is 0.0963. The standard InChI is InChI=1S/C23H23N3O4S2/c1-14-10-12-15(13-11-14)32(29,30)26-18-8-4-3-6-16(18)21(27)25-23-20(22(28)24-2)17-7-5-9-19(17)31-23/h3-4,6,8,10-13,26H,5,7,9H2,1-2H3,(H,24,28)(H,25,27). The Balaban J connectivity index is 1.63. The summed E-state index contributed by atoms with van der Waals surface area (Å²) in [7, 11) is -2.32. The van der Waals surface area contributed by atoms with Gasteiger partial charge in [0.05, 0.1) is 21.7 Å². The van der Waals surface area contributed by atoms with E-state index in [1.165, 1.54) is 29.5 Å². The maximum absolute atomic E-state index is 13.1. The molecule has 0 radical (unpaired) electrons. The Labute approximate surface area is 190 Å². The van der Waals surface area contributed by atoms with E-state index in [2.05, 4.69) is 15.4 Å². The number of hydrogen-bond donors (Lipinski definition) is 3. The number of anilines is 2. The number of aryl methyl sites for hydroxylation is 2. The largest absolute Gasteiger partial charge is 0.355 e. The summed E-state index contributed by atoms with van der Waals surface area (Å²) in [4.78, 5) is 26.8. The Morgan fingerprint density at radius 1 is 0.969 bits per heavy atom. The Morgan fingerprint density at radius 2 is 1.69 bits per heavy atom. The smallest absolute Gasteiger partial charge is 0.261 e. The van der Waals surface area contributed by atoms with Crippen LogP contribution in [0, 0.1) is 6.92 Å². The van der Waals surface area contributed by atoms with E-state index in [4.69, 9.17) is 0 Å². The Kier molecular flexibility index (Phi) is 6.03. The molecule has 0 aliphatic heterocycles. The van der Waals surface area contributed by atoms with E-state index in [0.717, 1.165) is 35.3 Å². The molecule has 2 amide bonds. The molecule has 1 heterocycles. The minimum atomic E-state index is -3.87. The molecule has 166 valence electrons. The zero-order valence-corrected chi connectivity index (χ0v) is 19.3. The molecule has 32 heavy (non-hydrogen) atoms. The van der Waals surface area contributed by atoms with E-state index < -0.39 is 15.9 Å². The van der Waals surface area contributed by atoms with Gasteiger partial charge in [-0.15, -0.1) is 11.3 Å². The van der Waals surface area contributed by atoms with Crippen molar-refractivity contribution in [3.63, 3.8) is 0 Å². The number of carbonyl (C=O) groups is 2. The van der Waals surface area contributed by atoms with Crippen LogP contribution in [0.5, 0.6) is 0 Å². The number of sulfonamides is 1. The van der Waals surface area contributed by atoms with Crippen LogP contribution in [0.15, 0.2) is 53.4 Å². The third-order valence-electron chi connectivity index (χ3n) is 5.35. The molecule has 0 unspecified atom stereocenters. The van der Waals surface area contributed by atoms with Crippen molar-refractivity contribution in [2.45, 2.75) is 31.1 Å². The van der Waals surface area contributed by atoms with Crippen LogP contribution < -0.4 is 15.4 Å². The molecule has 1 aromatic heterocycles. The van der Waals surface area contributed by atoms with Crippen molar-refractivity contribution in [2.75, 3.05) is 17.1 Å². The number of amides is 2. The van der Waals surface area contributed by atoms with Crippen LogP contribution in [0.3, 0.4) is 0 Å². The molecule has 0 atom stereocenters. The minimum absolute atomic E-state index is 0.106. The highest BCUT2D eigenvalue weighted by atomic mass is 32.2. The van der Waals surface area contributed by atoms with Crippen molar-refractivity contribution in [2.24, 2.45) is 0 Å². The van der Waals surface area contributed by atoms with Gasteiger partial charge < -0.3 is 10.6 Å². The predicted molar refractivity (Wildman–Crippen MR) is 126 cm³/mol.